The molecule has 0 aromatic heterocycles. The lowest BCUT2D eigenvalue weighted by atomic mass is 9.97. The molecule has 0 fully saturated rings. The van der Waals surface area contributed by atoms with E-state index in [1.807, 2.05) is 13.8 Å². The van der Waals surface area contributed by atoms with Crippen LogP contribution in [0.1, 0.15) is 37.0 Å². The Morgan fingerprint density at radius 3 is 2.10 bits per heavy atom. The van der Waals surface area contributed by atoms with Crippen LogP contribution >= 0.6 is 0 Å². The number of benzene rings is 1. The topological polar surface area (TPSA) is 67.8 Å². The second kappa shape index (κ2) is 7.14. The van der Waals surface area contributed by atoms with Crippen LogP contribution in [-0.4, -0.2) is 37.4 Å². The zero-order valence-electron chi connectivity index (χ0n) is 12.5. The number of hydrogen-bond donors (Lipinski definition) is 2. The molecule has 0 heterocycles. The molecule has 112 valence electrons. The van der Waals surface area contributed by atoms with Crippen LogP contribution in [0.3, 0.4) is 0 Å². The number of rotatable bonds is 7. The molecular formula is C15H23NO4. The van der Waals surface area contributed by atoms with Crippen molar-refractivity contribution < 1.29 is 19.4 Å². The summed E-state index contributed by atoms with van der Waals surface area (Å²) in [6.07, 6.45) is 1.15. The van der Waals surface area contributed by atoms with Crippen LogP contribution in [0.15, 0.2) is 18.2 Å². The van der Waals surface area contributed by atoms with E-state index in [9.17, 15) is 9.90 Å². The van der Waals surface area contributed by atoms with Gasteiger partial charge in [-0.2, -0.15) is 0 Å². The summed E-state index contributed by atoms with van der Waals surface area (Å²) in [5.41, 5.74) is -0.544. The van der Waals surface area contributed by atoms with E-state index >= 15 is 0 Å². The molecule has 0 unspecified atom stereocenters. The number of aliphatic hydroxyl groups is 1. The molecule has 1 aromatic rings. The zero-order chi connectivity index (χ0) is 15.2. The quantitative estimate of drug-likeness (QED) is 0.802. The Hall–Kier alpha value is -1.75. The molecule has 0 aliphatic carbocycles. The molecule has 1 amide bonds. The average Bonchev–Trinajstić information content (AvgIpc) is 2.51. The van der Waals surface area contributed by atoms with Gasteiger partial charge >= 0.3 is 0 Å². The smallest absolute Gasteiger partial charge is 0.258 e. The van der Waals surface area contributed by atoms with Crippen molar-refractivity contribution in [2.75, 3.05) is 20.8 Å². The summed E-state index contributed by atoms with van der Waals surface area (Å²) in [6.45, 7) is 3.97. The summed E-state index contributed by atoms with van der Waals surface area (Å²) in [6, 6.07) is 5.15. The monoisotopic (exact) mass is 281 g/mol. The minimum Gasteiger partial charge on any atom is -0.496 e. The van der Waals surface area contributed by atoms with Crippen LogP contribution in [0.25, 0.3) is 0 Å². The average molecular weight is 281 g/mol. The van der Waals surface area contributed by atoms with Gasteiger partial charge in [-0.15, -0.1) is 0 Å². The number of ether oxygens (including phenoxy) is 2. The van der Waals surface area contributed by atoms with Gasteiger partial charge in [0, 0.05) is 6.54 Å². The van der Waals surface area contributed by atoms with Gasteiger partial charge in [0.05, 0.1) is 19.8 Å². The van der Waals surface area contributed by atoms with Gasteiger partial charge in [-0.25, -0.2) is 0 Å². The normalized spacial score (nSPS) is 11.1. The predicted molar refractivity (Wildman–Crippen MR) is 77.4 cm³/mol. The maximum absolute atomic E-state index is 12.3. The number of methoxy groups -OCH3 is 2. The minimum absolute atomic E-state index is 0.194. The van der Waals surface area contributed by atoms with Gasteiger partial charge in [-0.05, 0) is 25.0 Å². The predicted octanol–water partition coefficient (Wildman–Crippen LogP) is 1.98. The molecule has 0 atom stereocenters. The first-order chi connectivity index (χ1) is 9.51. The minimum atomic E-state index is -0.884. The summed E-state index contributed by atoms with van der Waals surface area (Å²) in [5.74, 6) is 0.566. The van der Waals surface area contributed by atoms with Gasteiger partial charge in [0.1, 0.15) is 17.1 Å². The third-order valence-corrected chi connectivity index (χ3v) is 3.55. The Labute approximate surface area is 119 Å². The Bertz CT molecular complexity index is 433. The highest BCUT2D eigenvalue weighted by molar-refractivity contribution is 5.99. The zero-order valence-corrected chi connectivity index (χ0v) is 12.5. The van der Waals surface area contributed by atoms with Crippen molar-refractivity contribution in [3.63, 3.8) is 0 Å². The van der Waals surface area contributed by atoms with Gasteiger partial charge in [0.25, 0.3) is 5.91 Å². The van der Waals surface area contributed by atoms with Crippen LogP contribution < -0.4 is 14.8 Å². The molecule has 2 N–H and O–H groups in total. The SMILES string of the molecule is CCC(O)(CC)CNC(=O)c1c(OC)cccc1OC. The fourth-order valence-electron chi connectivity index (χ4n) is 1.91. The molecule has 0 bridgehead atoms. The van der Waals surface area contributed by atoms with Crippen LogP contribution in [0.4, 0.5) is 0 Å². The highest BCUT2D eigenvalue weighted by Gasteiger charge is 2.25. The molecule has 0 radical (unpaired) electrons. The van der Waals surface area contributed by atoms with Crippen molar-refractivity contribution in [1.82, 2.24) is 5.32 Å². The third kappa shape index (κ3) is 3.63. The lowest BCUT2D eigenvalue weighted by molar-refractivity contribution is 0.0313. The Balaban J connectivity index is 2.92. The van der Waals surface area contributed by atoms with Crippen molar-refractivity contribution in [3.8, 4) is 11.5 Å². The number of amides is 1. The maximum Gasteiger partial charge on any atom is 0.258 e. The molecule has 5 nitrogen and oxygen atoms in total. The van der Waals surface area contributed by atoms with E-state index in [1.54, 1.807) is 18.2 Å². The van der Waals surface area contributed by atoms with Crippen LogP contribution in [-0.2, 0) is 0 Å². The molecule has 0 spiro atoms. The largest absolute Gasteiger partial charge is 0.496 e. The number of carbonyl (C=O) groups excluding carboxylic acids is 1. The summed E-state index contributed by atoms with van der Waals surface area (Å²) < 4.78 is 10.4. The molecule has 1 rings (SSSR count). The van der Waals surface area contributed by atoms with E-state index in [2.05, 4.69) is 5.32 Å². The molecule has 0 aliphatic rings. The van der Waals surface area contributed by atoms with Crippen molar-refractivity contribution in [2.24, 2.45) is 0 Å². The first-order valence-electron chi connectivity index (χ1n) is 6.72. The molecule has 0 saturated heterocycles. The van der Waals surface area contributed by atoms with Gasteiger partial charge < -0.3 is 19.9 Å². The highest BCUT2D eigenvalue weighted by atomic mass is 16.5. The molecule has 0 aliphatic heterocycles. The number of nitrogens with one attached hydrogen (secondary N) is 1. The summed E-state index contributed by atoms with van der Waals surface area (Å²) in [4.78, 5) is 12.3. The van der Waals surface area contributed by atoms with E-state index in [0.717, 1.165) is 0 Å². The third-order valence-electron chi connectivity index (χ3n) is 3.55. The van der Waals surface area contributed by atoms with Crippen LogP contribution in [0.2, 0.25) is 0 Å². The molecule has 1 aromatic carbocycles. The second-order valence-electron chi connectivity index (χ2n) is 4.65. The van der Waals surface area contributed by atoms with Crippen molar-refractivity contribution in [1.29, 1.82) is 0 Å². The maximum atomic E-state index is 12.3. The number of carbonyl (C=O) groups is 1. The van der Waals surface area contributed by atoms with Crippen LogP contribution in [0, 0.1) is 0 Å². The first kappa shape index (κ1) is 16.3. The first-order valence-corrected chi connectivity index (χ1v) is 6.72. The van der Waals surface area contributed by atoms with Crippen molar-refractivity contribution in [2.45, 2.75) is 32.3 Å². The van der Waals surface area contributed by atoms with Crippen molar-refractivity contribution >= 4 is 5.91 Å². The van der Waals surface area contributed by atoms with Crippen LogP contribution in [0.5, 0.6) is 11.5 Å². The van der Waals surface area contributed by atoms with E-state index < -0.39 is 5.60 Å². The van der Waals surface area contributed by atoms with E-state index in [-0.39, 0.29) is 12.5 Å². The highest BCUT2D eigenvalue weighted by Crippen LogP contribution is 2.28. The fraction of sp³-hybridized carbons (Fsp3) is 0.533. The second-order valence-corrected chi connectivity index (χ2v) is 4.65. The van der Waals surface area contributed by atoms with E-state index in [0.29, 0.717) is 29.9 Å². The molecular weight excluding hydrogens is 258 g/mol. The fourth-order valence-corrected chi connectivity index (χ4v) is 1.91. The van der Waals surface area contributed by atoms with E-state index in [4.69, 9.17) is 9.47 Å². The standard InChI is InChI=1S/C15H23NO4/c1-5-15(18,6-2)10-16-14(17)13-11(19-3)8-7-9-12(13)20-4/h7-9,18H,5-6,10H2,1-4H3,(H,16,17). The van der Waals surface area contributed by atoms with Crippen molar-refractivity contribution in [3.05, 3.63) is 23.8 Å². The van der Waals surface area contributed by atoms with Gasteiger partial charge in [-0.1, -0.05) is 19.9 Å². The van der Waals surface area contributed by atoms with Gasteiger partial charge in [-0.3, -0.25) is 4.79 Å². The molecule has 0 saturated carbocycles. The lowest BCUT2D eigenvalue weighted by Gasteiger charge is -2.25. The summed E-state index contributed by atoms with van der Waals surface area (Å²) in [7, 11) is 3.00. The number of hydrogen-bond acceptors (Lipinski definition) is 4. The molecule has 20 heavy (non-hydrogen) atoms. The summed E-state index contributed by atoms with van der Waals surface area (Å²) in [5, 5.41) is 12.9. The lowest BCUT2D eigenvalue weighted by Crippen LogP contribution is -2.42. The Kier molecular flexibility index (Phi) is 5.82. The summed E-state index contributed by atoms with van der Waals surface area (Å²) >= 11 is 0. The Morgan fingerprint density at radius 2 is 1.70 bits per heavy atom. The Morgan fingerprint density at radius 1 is 1.20 bits per heavy atom. The van der Waals surface area contributed by atoms with Gasteiger partial charge in [0.2, 0.25) is 0 Å². The van der Waals surface area contributed by atoms with E-state index in [1.165, 1.54) is 14.2 Å². The molecule has 5 heteroatoms. The van der Waals surface area contributed by atoms with Gasteiger partial charge in [0.15, 0.2) is 0 Å².